The summed E-state index contributed by atoms with van der Waals surface area (Å²) in [5.41, 5.74) is 2.24. The van der Waals surface area contributed by atoms with Gasteiger partial charge in [-0.3, -0.25) is 4.79 Å². The molecular weight excluding hydrogens is 274 g/mol. The Morgan fingerprint density at radius 1 is 1.25 bits per heavy atom. The first-order valence-electron chi connectivity index (χ1n) is 6.33. The molecule has 0 fully saturated rings. The van der Waals surface area contributed by atoms with Crippen LogP contribution in [-0.2, 0) is 11.2 Å². The topological polar surface area (TPSA) is 49.3 Å². The van der Waals surface area contributed by atoms with Crippen LogP contribution in [0.5, 0.6) is 0 Å². The lowest BCUT2D eigenvalue weighted by molar-refractivity contribution is -0.119. The molecule has 104 valence electrons. The summed E-state index contributed by atoms with van der Waals surface area (Å²) in [7, 11) is 1.60. The molecule has 0 aliphatic rings. The van der Waals surface area contributed by atoms with E-state index >= 15 is 0 Å². The summed E-state index contributed by atoms with van der Waals surface area (Å²) in [5, 5.41) is 13.7. The van der Waals surface area contributed by atoms with Crippen LogP contribution in [0, 0.1) is 0 Å². The van der Waals surface area contributed by atoms with Gasteiger partial charge < -0.3 is 10.4 Å². The van der Waals surface area contributed by atoms with Crippen LogP contribution >= 0.6 is 11.6 Å². The molecule has 1 amide bonds. The van der Waals surface area contributed by atoms with Gasteiger partial charge >= 0.3 is 0 Å². The fraction of sp³-hybridized carbons (Fsp3) is 0.188. The fourth-order valence-electron chi connectivity index (χ4n) is 2.08. The van der Waals surface area contributed by atoms with Crippen LogP contribution in [0.25, 0.3) is 0 Å². The highest BCUT2D eigenvalue weighted by Crippen LogP contribution is 2.27. The Morgan fingerprint density at radius 3 is 2.70 bits per heavy atom. The molecule has 1 unspecified atom stereocenters. The van der Waals surface area contributed by atoms with Gasteiger partial charge in [-0.25, -0.2) is 0 Å². The van der Waals surface area contributed by atoms with E-state index in [0.717, 1.165) is 11.1 Å². The number of amides is 1. The number of rotatable bonds is 4. The van der Waals surface area contributed by atoms with Crippen molar-refractivity contribution in [1.29, 1.82) is 0 Å². The van der Waals surface area contributed by atoms with Crippen LogP contribution in [0.2, 0.25) is 5.02 Å². The number of carbonyl (C=O) groups excluding carboxylic acids is 1. The Kier molecular flexibility index (Phi) is 4.77. The summed E-state index contributed by atoms with van der Waals surface area (Å²) in [5.74, 6) is -0.0873. The van der Waals surface area contributed by atoms with E-state index in [1.807, 2.05) is 30.3 Å². The molecule has 0 heterocycles. The van der Waals surface area contributed by atoms with E-state index in [4.69, 9.17) is 11.6 Å². The van der Waals surface area contributed by atoms with E-state index < -0.39 is 6.10 Å². The minimum atomic E-state index is -0.797. The number of hydrogen-bond donors (Lipinski definition) is 2. The lowest BCUT2D eigenvalue weighted by Gasteiger charge is -2.16. The predicted molar refractivity (Wildman–Crippen MR) is 79.7 cm³/mol. The van der Waals surface area contributed by atoms with Gasteiger partial charge in [0.15, 0.2) is 0 Å². The van der Waals surface area contributed by atoms with E-state index in [1.54, 1.807) is 25.2 Å². The van der Waals surface area contributed by atoms with Crippen molar-refractivity contribution in [2.45, 2.75) is 12.5 Å². The maximum Gasteiger partial charge on any atom is 0.224 e. The highest BCUT2D eigenvalue weighted by atomic mass is 35.5. The van der Waals surface area contributed by atoms with Gasteiger partial charge in [0, 0.05) is 12.1 Å². The van der Waals surface area contributed by atoms with Crippen LogP contribution in [0.4, 0.5) is 0 Å². The maximum atomic E-state index is 11.5. The van der Waals surface area contributed by atoms with Gasteiger partial charge in [0.2, 0.25) is 5.91 Å². The molecule has 2 N–H and O–H groups in total. The fourth-order valence-corrected chi connectivity index (χ4v) is 2.28. The Labute approximate surface area is 123 Å². The Bertz CT molecular complexity index is 613. The predicted octanol–water partition coefficient (Wildman–Crippen LogP) is 2.71. The second-order valence-corrected chi connectivity index (χ2v) is 4.94. The monoisotopic (exact) mass is 289 g/mol. The molecule has 2 aromatic carbocycles. The molecule has 0 spiro atoms. The molecule has 3 nitrogen and oxygen atoms in total. The van der Waals surface area contributed by atoms with Crippen LogP contribution in [0.1, 0.15) is 22.8 Å². The van der Waals surface area contributed by atoms with Gasteiger partial charge in [-0.15, -0.1) is 0 Å². The van der Waals surface area contributed by atoms with Gasteiger partial charge in [0.25, 0.3) is 0 Å². The molecule has 0 aromatic heterocycles. The summed E-state index contributed by atoms with van der Waals surface area (Å²) in [6.07, 6.45) is -0.556. The third-order valence-electron chi connectivity index (χ3n) is 3.14. The number of halogens is 1. The normalized spacial score (nSPS) is 11.9. The number of hydrogen-bond acceptors (Lipinski definition) is 2. The van der Waals surface area contributed by atoms with E-state index in [0.29, 0.717) is 10.6 Å². The Morgan fingerprint density at radius 2 is 2.00 bits per heavy atom. The Hall–Kier alpha value is -1.84. The molecule has 2 aromatic rings. The lowest BCUT2D eigenvalue weighted by atomic mass is 9.95. The lowest BCUT2D eigenvalue weighted by Crippen LogP contribution is -2.21. The number of carbonyl (C=O) groups is 1. The molecule has 0 radical (unpaired) electrons. The smallest absolute Gasteiger partial charge is 0.224 e. The Balaban J connectivity index is 2.34. The van der Waals surface area contributed by atoms with Crippen molar-refractivity contribution in [3.05, 3.63) is 70.2 Å². The maximum absolute atomic E-state index is 11.5. The van der Waals surface area contributed by atoms with Crippen LogP contribution in [0.15, 0.2) is 48.5 Å². The van der Waals surface area contributed by atoms with Crippen molar-refractivity contribution >= 4 is 17.5 Å². The average Bonchev–Trinajstić information content (AvgIpc) is 2.47. The largest absolute Gasteiger partial charge is 0.384 e. The number of aliphatic hydroxyl groups is 1. The van der Waals surface area contributed by atoms with Gasteiger partial charge in [-0.05, 0) is 28.8 Å². The van der Waals surface area contributed by atoms with Gasteiger partial charge in [-0.2, -0.15) is 0 Å². The number of likely N-dealkylation sites (N-methyl/N-ethyl adjacent to an activating group) is 1. The van der Waals surface area contributed by atoms with E-state index in [-0.39, 0.29) is 12.3 Å². The summed E-state index contributed by atoms with van der Waals surface area (Å²) < 4.78 is 0. The highest BCUT2D eigenvalue weighted by molar-refractivity contribution is 6.30. The average molecular weight is 290 g/mol. The van der Waals surface area contributed by atoms with Crippen molar-refractivity contribution in [3.63, 3.8) is 0 Å². The summed E-state index contributed by atoms with van der Waals surface area (Å²) >= 11 is 5.95. The summed E-state index contributed by atoms with van der Waals surface area (Å²) in [6, 6.07) is 14.5. The van der Waals surface area contributed by atoms with E-state index in [1.165, 1.54) is 0 Å². The van der Waals surface area contributed by atoms with Gasteiger partial charge in [0.05, 0.1) is 6.42 Å². The SMILES string of the molecule is CNC(=O)Cc1ccccc1C(O)c1cccc(Cl)c1. The van der Waals surface area contributed by atoms with E-state index in [9.17, 15) is 9.90 Å². The molecule has 1 atom stereocenters. The van der Waals surface area contributed by atoms with E-state index in [2.05, 4.69) is 5.32 Å². The number of benzene rings is 2. The minimum Gasteiger partial charge on any atom is -0.384 e. The highest BCUT2D eigenvalue weighted by Gasteiger charge is 2.15. The zero-order valence-corrected chi connectivity index (χ0v) is 11.9. The third kappa shape index (κ3) is 3.38. The standard InChI is InChI=1S/C16H16ClNO2/c1-18-15(19)10-11-5-2-3-8-14(11)16(20)12-6-4-7-13(17)9-12/h2-9,16,20H,10H2,1H3,(H,18,19). The van der Waals surface area contributed by atoms with Gasteiger partial charge in [-0.1, -0.05) is 48.0 Å². The van der Waals surface area contributed by atoms with Crippen LogP contribution < -0.4 is 5.32 Å². The first kappa shape index (κ1) is 14.6. The molecule has 20 heavy (non-hydrogen) atoms. The number of nitrogens with one attached hydrogen (secondary N) is 1. The molecule has 0 aliphatic heterocycles. The van der Waals surface area contributed by atoms with Crippen molar-refractivity contribution in [1.82, 2.24) is 5.32 Å². The molecule has 0 saturated heterocycles. The molecular formula is C16H16ClNO2. The zero-order chi connectivity index (χ0) is 14.5. The second-order valence-electron chi connectivity index (χ2n) is 4.51. The number of aliphatic hydroxyl groups excluding tert-OH is 1. The van der Waals surface area contributed by atoms with Crippen molar-refractivity contribution < 1.29 is 9.90 Å². The first-order valence-corrected chi connectivity index (χ1v) is 6.71. The quantitative estimate of drug-likeness (QED) is 0.909. The molecule has 2 rings (SSSR count). The molecule has 0 aliphatic carbocycles. The molecule has 0 bridgehead atoms. The first-order chi connectivity index (χ1) is 9.61. The van der Waals surface area contributed by atoms with Crippen LogP contribution in [-0.4, -0.2) is 18.1 Å². The van der Waals surface area contributed by atoms with Crippen molar-refractivity contribution in [2.24, 2.45) is 0 Å². The zero-order valence-electron chi connectivity index (χ0n) is 11.1. The molecule has 4 heteroatoms. The minimum absolute atomic E-state index is 0.0873. The third-order valence-corrected chi connectivity index (χ3v) is 3.38. The van der Waals surface area contributed by atoms with Crippen molar-refractivity contribution in [2.75, 3.05) is 7.05 Å². The van der Waals surface area contributed by atoms with Crippen LogP contribution in [0.3, 0.4) is 0 Å². The second kappa shape index (κ2) is 6.55. The van der Waals surface area contributed by atoms with Crippen molar-refractivity contribution in [3.8, 4) is 0 Å². The summed E-state index contributed by atoms with van der Waals surface area (Å²) in [6.45, 7) is 0. The molecule has 0 saturated carbocycles. The van der Waals surface area contributed by atoms with Gasteiger partial charge in [0.1, 0.15) is 6.10 Å². The summed E-state index contributed by atoms with van der Waals surface area (Å²) in [4.78, 5) is 11.5.